The Bertz CT molecular complexity index is 561. The van der Waals surface area contributed by atoms with E-state index < -0.39 is 0 Å². The molecule has 88 valence electrons. The number of hydrogen-bond donors (Lipinski definition) is 0. The van der Waals surface area contributed by atoms with E-state index in [-0.39, 0.29) is 0 Å². The van der Waals surface area contributed by atoms with Crippen LogP contribution in [0.2, 0.25) is 5.02 Å². The van der Waals surface area contributed by atoms with Crippen LogP contribution in [0.15, 0.2) is 24.3 Å². The third kappa shape index (κ3) is 2.35. The smallest absolute Gasteiger partial charge is 0.160 e. The molecule has 0 saturated carbocycles. The lowest BCUT2D eigenvalue weighted by atomic mass is 10.1. The molecule has 17 heavy (non-hydrogen) atoms. The highest BCUT2D eigenvalue weighted by molar-refractivity contribution is 7.17. The van der Waals surface area contributed by atoms with Crippen LogP contribution in [0.5, 0.6) is 5.75 Å². The minimum atomic E-state index is 0.693. The normalized spacial score (nSPS) is 10.3. The number of carbonyl (C=O) groups excluding carboxylic acids is 1. The molecule has 2 aromatic rings. The molecule has 4 heteroatoms. The molecule has 2 rings (SSSR count). The second-order valence-electron chi connectivity index (χ2n) is 3.62. The standard InChI is InChI=1S/C13H11ClO2S/c1-8-5-12(16-2)10(6-11(8)14)13-4-3-9(7-15)17-13/h3-7H,1-2H3. The zero-order valence-electron chi connectivity index (χ0n) is 9.49. The minimum Gasteiger partial charge on any atom is -0.496 e. The summed E-state index contributed by atoms with van der Waals surface area (Å²) in [6.45, 7) is 1.93. The highest BCUT2D eigenvalue weighted by Gasteiger charge is 2.11. The summed E-state index contributed by atoms with van der Waals surface area (Å²) in [5.41, 5.74) is 1.89. The molecule has 1 aromatic heterocycles. The van der Waals surface area contributed by atoms with E-state index in [9.17, 15) is 4.79 Å². The van der Waals surface area contributed by atoms with Crippen LogP contribution in [0, 0.1) is 6.92 Å². The average molecular weight is 267 g/mol. The van der Waals surface area contributed by atoms with Crippen molar-refractivity contribution in [1.29, 1.82) is 0 Å². The van der Waals surface area contributed by atoms with Crippen LogP contribution < -0.4 is 4.74 Å². The lowest BCUT2D eigenvalue weighted by molar-refractivity contribution is 0.112. The quantitative estimate of drug-likeness (QED) is 0.779. The van der Waals surface area contributed by atoms with E-state index in [0.29, 0.717) is 9.90 Å². The number of hydrogen-bond acceptors (Lipinski definition) is 3. The number of aldehydes is 1. The first kappa shape index (κ1) is 12.1. The predicted molar refractivity (Wildman–Crippen MR) is 71.4 cm³/mol. The topological polar surface area (TPSA) is 26.3 Å². The second kappa shape index (κ2) is 4.90. The van der Waals surface area contributed by atoms with Crippen molar-refractivity contribution in [3.63, 3.8) is 0 Å². The van der Waals surface area contributed by atoms with Gasteiger partial charge in [-0.05, 0) is 36.8 Å². The molecule has 0 atom stereocenters. The van der Waals surface area contributed by atoms with E-state index in [1.165, 1.54) is 11.3 Å². The van der Waals surface area contributed by atoms with Gasteiger partial charge in [0.15, 0.2) is 6.29 Å². The van der Waals surface area contributed by atoms with Gasteiger partial charge in [-0.2, -0.15) is 0 Å². The summed E-state index contributed by atoms with van der Waals surface area (Å²) in [5.74, 6) is 0.770. The molecule has 0 aliphatic rings. The van der Waals surface area contributed by atoms with Gasteiger partial charge in [0.25, 0.3) is 0 Å². The average Bonchev–Trinajstić information content (AvgIpc) is 2.80. The third-order valence-electron chi connectivity index (χ3n) is 2.49. The molecular formula is C13H11ClO2S. The SMILES string of the molecule is COc1cc(C)c(Cl)cc1-c1ccc(C=O)s1. The Hall–Kier alpha value is -1.32. The second-order valence-corrected chi connectivity index (χ2v) is 5.14. The first-order chi connectivity index (χ1) is 8.15. The molecule has 0 N–H and O–H groups in total. The van der Waals surface area contributed by atoms with Gasteiger partial charge in [0.05, 0.1) is 12.0 Å². The van der Waals surface area contributed by atoms with Gasteiger partial charge in [-0.3, -0.25) is 4.79 Å². The summed E-state index contributed by atoms with van der Waals surface area (Å²) >= 11 is 7.54. The fraction of sp³-hybridized carbons (Fsp3) is 0.154. The Balaban J connectivity index is 2.57. The zero-order chi connectivity index (χ0) is 12.4. The largest absolute Gasteiger partial charge is 0.496 e. The lowest BCUT2D eigenvalue weighted by Gasteiger charge is -2.09. The van der Waals surface area contributed by atoms with Crippen molar-refractivity contribution < 1.29 is 9.53 Å². The predicted octanol–water partition coefficient (Wildman–Crippen LogP) is 4.20. The maximum atomic E-state index is 10.7. The maximum Gasteiger partial charge on any atom is 0.160 e. The van der Waals surface area contributed by atoms with E-state index in [4.69, 9.17) is 16.3 Å². The van der Waals surface area contributed by atoms with Crippen LogP contribution in [-0.4, -0.2) is 13.4 Å². The number of halogens is 1. The van der Waals surface area contributed by atoms with E-state index in [2.05, 4.69) is 0 Å². The lowest BCUT2D eigenvalue weighted by Crippen LogP contribution is -1.88. The van der Waals surface area contributed by atoms with E-state index in [0.717, 1.165) is 28.0 Å². The Kier molecular flexibility index (Phi) is 3.50. The van der Waals surface area contributed by atoms with Crippen molar-refractivity contribution in [1.82, 2.24) is 0 Å². The molecule has 0 unspecified atom stereocenters. The number of benzene rings is 1. The summed E-state index contributed by atoms with van der Waals surface area (Å²) in [4.78, 5) is 12.4. The Labute approximate surface area is 109 Å². The van der Waals surface area contributed by atoms with Crippen molar-refractivity contribution in [3.8, 4) is 16.2 Å². The first-order valence-corrected chi connectivity index (χ1v) is 6.24. The van der Waals surface area contributed by atoms with Gasteiger partial charge in [-0.1, -0.05) is 11.6 Å². The molecule has 0 aliphatic heterocycles. The van der Waals surface area contributed by atoms with Crippen LogP contribution in [0.3, 0.4) is 0 Å². The molecule has 0 fully saturated rings. The summed E-state index contributed by atoms with van der Waals surface area (Å²) in [6.07, 6.45) is 0.844. The van der Waals surface area contributed by atoms with E-state index in [1.54, 1.807) is 13.2 Å². The monoisotopic (exact) mass is 266 g/mol. The molecule has 0 bridgehead atoms. The van der Waals surface area contributed by atoms with Crippen molar-refractivity contribution >= 4 is 29.2 Å². The summed E-state index contributed by atoms with van der Waals surface area (Å²) < 4.78 is 5.34. The van der Waals surface area contributed by atoms with Gasteiger partial charge in [-0.25, -0.2) is 0 Å². The first-order valence-electron chi connectivity index (χ1n) is 5.05. The molecule has 2 nitrogen and oxygen atoms in total. The van der Waals surface area contributed by atoms with Crippen LogP contribution in [0.4, 0.5) is 0 Å². The number of rotatable bonds is 3. The third-order valence-corrected chi connectivity index (χ3v) is 3.94. The van der Waals surface area contributed by atoms with Gasteiger partial charge < -0.3 is 4.74 Å². The van der Waals surface area contributed by atoms with Crippen LogP contribution in [0.1, 0.15) is 15.2 Å². The fourth-order valence-electron chi connectivity index (χ4n) is 1.58. The number of aryl methyl sites for hydroxylation is 1. The zero-order valence-corrected chi connectivity index (χ0v) is 11.1. The number of methoxy groups -OCH3 is 1. The highest BCUT2D eigenvalue weighted by Crippen LogP contribution is 2.37. The number of thiophene rings is 1. The van der Waals surface area contributed by atoms with E-state index in [1.807, 2.05) is 25.1 Å². The van der Waals surface area contributed by atoms with Gasteiger partial charge >= 0.3 is 0 Å². The van der Waals surface area contributed by atoms with Gasteiger partial charge in [-0.15, -0.1) is 11.3 Å². The molecule has 1 aromatic carbocycles. The number of carbonyl (C=O) groups is 1. The molecule has 0 aliphatic carbocycles. The molecule has 0 saturated heterocycles. The Morgan fingerprint density at radius 3 is 2.71 bits per heavy atom. The highest BCUT2D eigenvalue weighted by atomic mass is 35.5. The van der Waals surface area contributed by atoms with Crippen molar-refractivity contribution in [2.45, 2.75) is 6.92 Å². The summed E-state index contributed by atoms with van der Waals surface area (Å²) in [5, 5.41) is 0.696. The van der Waals surface area contributed by atoms with Gasteiger partial charge in [0, 0.05) is 15.5 Å². The van der Waals surface area contributed by atoms with Crippen LogP contribution in [-0.2, 0) is 0 Å². The van der Waals surface area contributed by atoms with Gasteiger partial charge in [0.1, 0.15) is 5.75 Å². The molecule has 1 heterocycles. The Morgan fingerprint density at radius 1 is 1.35 bits per heavy atom. The fourth-order valence-corrected chi connectivity index (χ4v) is 2.58. The Morgan fingerprint density at radius 2 is 2.12 bits per heavy atom. The van der Waals surface area contributed by atoms with Gasteiger partial charge in [0.2, 0.25) is 0 Å². The maximum absolute atomic E-state index is 10.7. The summed E-state index contributed by atoms with van der Waals surface area (Å²) in [7, 11) is 1.63. The van der Waals surface area contributed by atoms with Crippen LogP contribution in [0.25, 0.3) is 10.4 Å². The van der Waals surface area contributed by atoms with Crippen molar-refractivity contribution in [3.05, 3.63) is 39.7 Å². The summed E-state index contributed by atoms with van der Waals surface area (Å²) in [6, 6.07) is 7.46. The molecular weight excluding hydrogens is 256 g/mol. The van der Waals surface area contributed by atoms with Crippen molar-refractivity contribution in [2.75, 3.05) is 7.11 Å². The molecule has 0 spiro atoms. The van der Waals surface area contributed by atoms with Crippen LogP contribution >= 0.6 is 22.9 Å². The van der Waals surface area contributed by atoms with Crippen molar-refractivity contribution in [2.24, 2.45) is 0 Å². The van der Waals surface area contributed by atoms with E-state index >= 15 is 0 Å². The molecule has 0 amide bonds. The number of ether oxygens (including phenoxy) is 1. The minimum absolute atomic E-state index is 0.693. The molecule has 0 radical (unpaired) electrons.